The molecule has 20 heavy (non-hydrogen) atoms. The van der Waals surface area contributed by atoms with E-state index in [4.69, 9.17) is 9.97 Å². The van der Waals surface area contributed by atoms with Crippen LogP contribution in [0.15, 0.2) is 6.07 Å². The topological polar surface area (TPSA) is 37.8 Å². The zero-order valence-corrected chi connectivity index (χ0v) is 13.5. The van der Waals surface area contributed by atoms with Crippen molar-refractivity contribution in [2.75, 3.05) is 11.9 Å². The summed E-state index contributed by atoms with van der Waals surface area (Å²) < 4.78 is 0. The van der Waals surface area contributed by atoms with Crippen LogP contribution < -0.4 is 5.32 Å². The third-order valence-electron chi connectivity index (χ3n) is 4.09. The van der Waals surface area contributed by atoms with Crippen LogP contribution in [0.1, 0.15) is 83.7 Å². The van der Waals surface area contributed by atoms with Gasteiger partial charge in [-0.05, 0) is 19.8 Å². The van der Waals surface area contributed by atoms with Crippen molar-refractivity contribution in [3.63, 3.8) is 0 Å². The van der Waals surface area contributed by atoms with Crippen molar-refractivity contribution in [2.24, 2.45) is 0 Å². The highest BCUT2D eigenvalue weighted by atomic mass is 15.0. The highest BCUT2D eigenvalue weighted by molar-refractivity contribution is 5.38. The fourth-order valence-corrected chi connectivity index (χ4v) is 2.84. The molecule has 3 heteroatoms. The molecule has 2 rings (SSSR count). The molecule has 0 atom stereocenters. The second-order valence-corrected chi connectivity index (χ2v) is 6.97. The lowest BCUT2D eigenvalue weighted by Crippen LogP contribution is -2.18. The first-order valence-corrected chi connectivity index (χ1v) is 8.14. The molecule has 0 saturated heterocycles. The molecule has 1 N–H and O–H groups in total. The molecule has 0 spiro atoms. The van der Waals surface area contributed by atoms with E-state index < -0.39 is 0 Å². The third kappa shape index (κ3) is 3.94. The van der Waals surface area contributed by atoms with Crippen LogP contribution in [0.25, 0.3) is 0 Å². The number of hydrogen-bond acceptors (Lipinski definition) is 3. The van der Waals surface area contributed by atoms with E-state index >= 15 is 0 Å². The van der Waals surface area contributed by atoms with E-state index in [1.165, 1.54) is 38.5 Å². The summed E-state index contributed by atoms with van der Waals surface area (Å²) in [7, 11) is 0. The van der Waals surface area contributed by atoms with Crippen molar-refractivity contribution in [3.8, 4) is 0 Å². The number of hydrogen-bond donors (Lipinski definition) is 1. The van der Waals surface area contributed by atoms with Crippen molar-refractivity contribution in [3.05, 3.63) is 17.6 Å². The van der Waals surface area contributed by atoms with E-state index in [1.54, 1.807) is 0 Å². The van der Waals surface area contributed by atoms with Gasteiger partial charge in [0.15, 0.2) is 0 Å². The van der Waals surface area contributed by atoms with Crippen molar-refractivity contribution in [2.45, 2.75) is 77.6 Å². The van der Waals surface area contributed by atoms with Crippen molar-refractivity contribution < 1.29 is 0 Å². The Kier molecular flexibility index (Phi) is 5.00. The van der Waals surface area contributed by atoms with E-state index in [-0.39, 0.29) is 5.41 Å². The number of nitrogens with zero attached hydrogens (tertiary/aromatic N) is 2. The normalized spacial score (nSPS) is 17.8. The lowest BCUT2D eigenvalue weighted by Gasteiger charge is -2.22. The molecule has 0 unspecified atom stereocenters. The summed E-state index contributed by atoms with van der Waals surface area (Å²) in [4.78, 5) is 9.68. The van der Waals surface area contributed by atoms with Gasteiger partial charge in [-0.1, -0.05) is 46.5 Å². The molecule has 112 valence electrons. The predicted molar refractivity (Wildman–Crippen MR) is 85.3 cm³/mol. The second kappa shape index (κ2) is 6.55. The van der Waals surface area contributed by atoms with Gasteiger partial charge in [0.2, 0.25) is 0 Å². The predicted octanol–water partition coefficient (Wildman–Crippen LogP) is 4.64. The number of aromatic nitrogens is 2. The van der Waals surface area contributed by atoms with Crippen molar-refractivity contribution in [1.29, 1.82) is 0 Å². The molecule has 1 heterocycles. The summed E-state index contributed by atoms with van der Waals surface area (Å²) in [5.41, 5.74) is 1.23. The quantitative estimate of drug-likeness (QED) is 0.816. The Bertz CT molecular complexity index is 426. The lowest BCUT2D eigenvalue weighted by molar-refractivity contribution is 0.528. The largest absolute Gasteiger partial charge is 0.370 e. The summed E-state index contributed by atoms with van der Waals surface area (Å²) in [6.45, 7) is 9.70. The number of rotatable bonds is 3. The van der Waals surface area contributed by atoms with Gasteiger partial charge in [-0.3, -0.25) is 0 Å². The Morgan fingerprint density at radius 1 is 1.10 bits per heavy atom. The highest BCUT2D eigenvalue weighted by Crippen LogP contribution is 2.32. The number of anilines is 1. The first kappa shape index (κ1) is 15.3. The lowest BCUT2D eigenvalue weighted by atomic mass is 9.91. The third-order valence-corrected chi connectivity index (χ3v) is 4.09. The van der Waals surface area contributed by atoms with E-state index in [9.17, 15) is 0 Å². The molecule has 1 fully saturated rings. The zero-order valence-electron chi connectivity index (χ0n) is 13.5. The minimum Gasteiger partial charge on any atom is -0.370 e. The van der Waals surface area contributed by atoms with Crippen molar-refractivity contribution >= 4 is 5.82 Å². The van der Waals surface area contributed by atoms with Gasteiger partial charge in [0.1, 0.15) is 11.6 Å². The zero-order chi connectivity index (χ0) is 14.6. The molecule has 0 amide bonds. The maximum absolute atomic E-state index is 4.90. The first-order chi connectivity index (χ1) is 9.50. The van der Waals surface area contributed by atoms with Gasteiger partial charge in [-0.25, -0.2) is 9.97 Å². The van der Waals surface area contributed by atoms with Gasteiger partial charge in [0.25, 0.3) is 0 Å². The first-order valence-electron chi connectivity index (χ1n) is 8.14. The molecule has 1 saturated carbocycles. The monoisotopic (exact) mass is 275 g/mol. The molecule has 1 aliphatic rings. The molecule has 0 aliphatic heterocycles. The van der Waals surface area contributed by atoms with Gasteiger partial charge in [-0.2, -0.15) is 0 Å². The van der Waals surface area contributed by atoms with Crippen LogP contribution in [-0.2, 0) is 5.41 Å². The Balaban J connectivity index is 2.32. The fourth-order valence-electron chi connectivity index (χ4n) is 2.84. The fraction of sp³-hybridized carbons (Fsp3) is 0.765. The average Bonchev–Trinajstić information content (AvgIpc) is 2.66. The molecule has 0 bridgehead atoms. The Morgan fingerprint density at radius 3 is 2.30 bits per heavy atom. The summed E-state index contributed by atoms with van der Waals surface area (Å²) in [5, 5.41) is 3.36. The number of nitrogens with one attached hydrogen (secondary N) is 1. The van der Waals surface area contributed by atoms with Gasteiger partial charge >= 0.3 is 0 Å². The molecule has 3 nitrogen and oxygen atoms in total. The summed E-state index contributed by atoms with van der Waals surface area (Å²) in [6.07, 6.45) is 7.89. The van der Waals surface area contributed by atoms with E-state index in [1.807, 2.05) is 0 Å². The summed E-state index contributed by atoms with van der Waals surface area (Å²) in [5.74, 6) is 2.61. The minimum atomic E-state index is 0.0760. The SMILES string of the molecule is CCNc1cc(C(C)(C)C)nc(C2CCCCCC2)n1. The van der Waals surface area contributed by atoms with Crippen LogP contribution in [-0.4, -0.2) is 16.5 Å². The summed E-state index contributed by atoms with van der Waals surface area (Å²) in [6, 6.07) is 2.11. The van der Waals surface area contributed by atoms with Crippen LogP contribution in [0.2, 0.25) is 0 Å². The molecule has 1 aromatic rings. The Hall–Kier alpha value is -1.12. The maximum Gasteiger partial charge on any atom is 0.134 e. The molecule has 1 aromatic heterocycles. The second-order valence-electron chi connectivity index (χ2n) is 6.97. The Morgan fingerprint density at radius 2 is 1.75 bits per heavy atom. The molecular weight excluding hydrogens is 246 g/mol. The molecule has 0 aromatic carbocycles. The maximum atomic E-state index is 4.90. The van der Waals surface area contributed by atoms with Crippen LogP contribution >= 0.6 is 0 Å². The standard InChI is InChI=1S/C17H29N3/c1-5-18-15-12-14(17(2,3)4)19-16(20-15)13-10-8-6-7-9-11-13/h12-13H,5-11H2,1-4H3,(H,18,19,20). The minimum absolute atomic E-state index is 0.0760. The van der Waals surface area contributed by atoms with E-state index in [2.05, 4.69) is 39.1 Å². The molecule has 0 radical (unpaired) electrons. The van der Waals surface area contributed by atoms with Gasteiger partial charge < -0.3 is 5.32 Å². The Labute approximate surface area is 123 Å². The van der Waals surface area contributed by atoms with Crippen LogP contribution in [0, 0.1) is 0 Å². The van der Waals surface area contributed by atoms with Gasteiger partial charge in [-0.15, -0.1) is 0 Å². The van der Waals surface area contributed by atoms with Gasteiger partial charge in [0.05, 0.1) is 5.69 Å². The average molecular weight is 275 g/mol. The van der Waals surface area contributed by atoms with Crippen LogP contribution in [0.4, 0.5) is 5.82 Å². The smallest absolute Gasteiger partial charge is 0.134 e. The van der Waals surface area contributed by atoms with Crippen molar-refractivity contribution in [1.82, 2.24) is 9.97 Å². The van der Waals surface area contributed by atoms with E-state index in [0.29, 0.717) is 5.92 Å². The van der Waals surface area contributed by atoms with Gasteiger partial charge in [0, 0.05) is 23.9 Å². The van der Waals surface area contributed by atoms with Crippen LogP contribution in [0.5, 0.6) is 0 Å². The molecular formula is C17H29N3. The summed E-state index contributed by atoms with van der Waals surface area (Å²) >= 11 is 0. The molecule has 1 aliphatic carbocycles. The van der Waals surface area contributed by atoms with E-state index in [0.717, 1.165) is 23.9 Å². The highest BCUT2D eigenvalue weighted by Gasteiger charge is 2.22. The van der Waals surface area contributed by atoms with Crippen LogP contribution in [0.3, 0.4) is 0 Å².